The zero-order valence-corrected chi connectivity index (χ0v) is 9.87. The summed E-state index contributed by atoms with van der Waals surface area (Å²) < 4.78 is 65.5. The molecule has 19 heavy (non-hydrogen) atoms. The molecule has 0 saturated carbocycles. The van der Waals surface area contributed by atoms with Crippen molar-refractivity contribution in [1.29, 1.82) is 0 Å². The van der Waals surface area contributed by atoms with Gasteiger partial charge in [-0.05, 0) is 24.3 Å². The van der Waals surface area contributed by atoms with Crippen molar-refractivity contribution >= 4 is 11.8 Å². The molecule has 0 aromatic heterocycles. The number of phenolic OH excluding ortho intramolecular Hbond substituents is 1. The topological polar surface area (TPSA) is 20.2 Å². The summed E-state index contributed by atoms with van der Waals surface area (Å²) >= 11 is 0.379. The third-order valence-electron chi connectivity index (χ3n) is 2.23. The molecule has 0 unspecified atom stereocenters. The summed E-state index contributed by atoms with van der Waals surface area (Å²) in [4.78, 5) is -0.761. The Morgan fingerprint density at radius 3 is 1.58 bits per heavy atom. The minimum Gasteiger partial charge on any atom is -0.508 e. The van der Waals surface area contributed by atoms with Crippen LogP contribution in [-0.4, -0.2) is 5.11 Å². The van der Waals surface area contributed by atoms with E-state index in [0.717, 1.165) is 0 Å². The van der Waals surface area contributed by atoms with E-state index >= 15 is 0 Å². The van der Waals surface area contributed by atoms with Crippen molar-refractivity contribution < 1.29 is 27.1 Å². The van der Waals surface area contributed by atoms with Gasteiger partial charge in [-0.3, -0.25) is 0 Å². The Morgan fingerprint density at radius 1 is 0.684 bits per heavy atom. The van der Waals surface area contributed by atoms with Gasteiger partial charge in [-0.2, -0.15) is 0 Å². The van der Waals surface area contributed by atoms with Crippen LogP contribution in [-0.2, 0) is 0 Å². The lowest BCUT2D eigenvalue weighted by Crippen LogP contribution is -2.03. The zero-order valence-electron chi connectivity index (χ0n) is 9.05. The Balaban J connectivity index is 2.48. The first-order valence-electron chi connectivity index (χ1n) is 4.90. The Morgan fingerprint density at radius 2 is 1.11 bits per heavy atom. The molecule has 1 nitrogen and oxygen atoms in total. The molecule has 100 valence electrons. The molecule has 0 bridgehead atoms. The number of hydrogen-bond acceptors (Lipinski definition) is 2. The molecule has 0 aliphatic carbocycles. The molecule has 1 N–H and O–H groups in total. The van der Waals surface area contributed by atoms with Crippen LogP contribution >= 0.6 is 11.8 Å². The molecule has 7 heteroatoms. The molecule has 2 rings (SSSR count). The summed E-state index contributed by atoms with van der Waals surface area (Å²) in [5.41, 5.74) is 0. The smallest absolute Gasteiger partial charge is 0.200 e. The van der Waals surface area contributed by atoms with Gasteiger partial charge in [0.05, 0.1) is 4.90 Å². The maximum atomic E-state index is 13.4. The summed E-state index contributed by atoms with van der Waals surface area (Å²) in [7, 11) is 0. The van der Waals surface area contributed by atoms with Crippen LogP contribution in [0.5, 0.6) is 5.75 Å². The van der Waals surface area contributed by atoms with Gasteiger partial charge in [0.15, 0.2) is 23.3 Å². The van der Waals surface area contributed by atoms with E-state index in [4.69, 9.17) is 5.11 Å². The van der Waals surface area contributed by atoms with Crippen molar-refractivity contribution in [2.45, 2.75) is 9.79 Å². The molecule has 0 aliphatic heterocycles. The lowest BCUT2D eigenvalue weighted by Gasteiger charge is -2.07. The maximum absolute atomic E-state index is 13.4. The molecular formula is C12H5F5OS. The predicted molar refractivity (Wildman–Crippen MR) is 58.5 cm³/mol. The molecule has 0 radical (unpaired) electrons. The standard InChI is InChI=1S/C12H5F5OS/c13-7-8(14)10(16)12(11(17)9(7)15)19-6-3-1-5(18)2-4-6/h1-4,18H. The van der Waals surface area contributed by atoms with Crippen LogP contribution in [0.4, 0.5) is 22.0 Å². The fourth-order valence-corrected chi connectivity index (χ4v) is 2.17. The van der Waals surface area contributed by atoms with Gasteiger partial charge >= 0.3 is 0 Å². The van der Waals surface area contributed by atoms with E-state index in [1.54, 1.807) is 0 Å². The molecule has 2 aromatic rings. The molecule has 0 fully saturated rings. The number of halogens is 5. The summed E-state index contributed by atoms with van der Waals surface area (Å²) in [5.74, 6) is -10.0. The Bertz CT molecular complexity index is 598. The highest BCUT2D eigenvalue weighted by Gasteiger charge is 2.26. The quantitative estimate of drug-likeness (QED) is 0.507. The van der Waals surface area contributed by atoms with Gasteiger partial charge in [0, 0.05) is 4.90 Å². The minimum atomic E-state index is -2.19. The van der Waals surface area contributed by atoms with E-state index in [1.807, 2.05) is 0 Å². The lowest BCUT2D eigenvalue weighted by molar-refractivity contribution is 0.361. The Kier molecular flexibility index (Phi) is 3.66. The van der Waals surface area contributed by atoms with Gasteiger partial charge in [-0.1, -0.05) is 11.8 Å². The predicted octanol–water partition coefficient (Wildman–Crippen LogP) is 4.24. The van der Waals surface area contributed by atoms with Crippen LogP contribution in [0, 0.1) is 29.1 Å². The maximum Gasteiger partial charge on any atom is 0.200 e. The van der Waals surface area contributed by atoms with Crippen molar-refractivity contribution in [3.05, 3.63) is 53.4 Å². The second kappa shape index (κ2) is 5.08. The molecule has 0 aliphatic rings. The lowest BCUT2D eigenvalue weighted by atomic mass is 10.3. The van der Waals surface area contributed by atoms with E-state index in [1.165, 1.54) is 24.3 Å². The second-order valence-corrected chi connectivity index (χ2v) is 4.58. The van der Waals surface area contributed by atoms with Crippen molar-refractivity contribution in [1.82, 2.24) is 0 Å². The molecule has 0 spiro atoms. The third-order valence-corrected chi connectivity index (χ3v) is 3.30. The highest BCUT2D eigenvalue weighted by Crippen LogP contribution is 2.35. The van der Waals surface area contributed by atoms with Crippen LogP contribution in [0.2, 0.25) is 0 Å². The van der Waals surface area contributed by atoms with E-state index in [-0.39, 0.29) is 10.6 Å². The molecule has 0 atom stereocenters. The first kappa shape index (κ1) is 13.7. The molecular weight excluding hydrogens is 287 g/mol. The van der Waals surface area contributed by atoms with Gasteiger partial charge < -0.3 is 5.11 Å². The van der Waals surface area contributed by atoms with E-state index in [9.17, 15) is 22.0 Å². The molecule has 2 aromatic carbocycles. The normalized spacial score (nSPS) is 10.8. The fraction of sp³-hybridized carbons (Fsp3) is 0. The minimum absolute atomic E-state index is 0.0817. The van der Waals surface area contributed by atoms with E-state index < -0.39 is 34.0 Å². The molecule has 0 saturated heterocycles. The molecule has 0 heterocycles. The van der Waals surface area contributed by atoms with Gasteiger partial charge in [0.1, 0.15) is 5.75 Å². The zero-order chi connectivity index (χ0) is 14.2. The number of hydrogen-bond donors (Lipinski definition) is 1. The Hall–Kier alpha value is -1.76. The average molecular weight is 292 g/mol. The van der Waals surface area contributed by atoms with Crippen LogP contribution in [0.25, 0.3) is 0 Å². The van der Waals surface area contributed by atoms with Crippen LogP contribution in [0.1, 0.15) is 0 Å². The SMILES string of the molecule is Oc1ccc(Sc2c(F)c(F)c(F)c(F)c2F)cc1. The summed E-state index contributed by atoms with van der Waals surface area (Å²) in [6.45, 7) is 0. The largest absolute Gasteiger partial charge is 0.508 e. The second-order valence-electron chi connectivity index (χ2n) is 3.49. The number of benzene rings is 2. The van der Waals surface area contributed by atoms with Gasteiger partial charge in [-0.15, -0.1) is 0 Å². The molecule has 0 amide bonds. The Labute approximate surface area is 108 Å². The first-order chi connectivity index (χ1) is 8.91. The summed E-state index contributed by atoms with van der Waals surface area (Å²) in [5, 5.41) is 9.03. The third kappa shape index (κ3) is 2.51. The first-order valence-corrected chi connectivity index (χ1v) is 5.71. The number of rotatable bonds is 2. The van der Waals surface area contributed by atoms with Crippen LogP contribution in [0.3, 0.4) is 0 Å². The van der Waals surface area contributed by atoms with Crippen molar-refractivity contribution in [2.75, 3.05) is 0 Å². The monoisotopic (exact) mass is 292 g/mol. The van der Waals surface area contributed by atoms with Crippen molar-refractivity contribution in [2.24, 2.45) is 0 Å². The number of aromatic hydroxyl groups is 1. The van der Waals surface area contributed by atoms with Crippen molar-refractivity contribution in [3.8, 4) is 5.75 Å². The highest BCUT2D eigenvalue weighted by atomic mass is 32.2. The fourth-order valence-electron chi connectivity index (χ4n) is 1.31. The summed E-state index contributed by atoms with van der Waals surface area (Å²) in [6, 6.07) is 5.04. The summed E-state index contributed by atoms with van der Waals surface area (Å²) in [6.07, 6.45) is 0. The van der Waals surface area contributed by atoms with Gasteiger partial charge in [0.25, 0.3) is 0 Å². The highest BCUT2D eigenvalue weighted by molar-refractivity contribution is 7.99. The van der Waals surface area contributed by atoms with Gasteiger partial charge in [0.2, 0.25) is 5.82 Å². The van der Waals surface area contributed by atoms with Crippen molar-refractivity contribution in [3.63, 3.8) is 0 Å². The van der Waals surface area contributed by atoms with E-state index in [0.29, 0.717) is 11.8 Å². The van der Waals surface area contributed by atoms with Crippen LogP contribution in [0.15, 0.2) is 34.1 Å². The van der Waals surface area contributed by atoms with Gasteiger partial charge in [-0.25, -0.2) is 22.0 Å². The number of phenols is 1. The van der Waals surface area contributed by atoms with Crippen LogP contribution < -0.4 is 0 Å². The average Bonchev–Trinajstić information content (AvgIpc) is 2.41. The van der Waals surface area contributed by atoms with E-state index in [2.05, 4.69) is 0 Å².